The van der Waals surface area contributed by atoms with Gasteiger partial charge in [0.2, 0.25) is 0 Å². The Balaban J connectivity index is 0.847. The minimum atomic E-state index is -1.87. The smallest absolute Gasteiger partial charge is 0.343 e. The van der Waals surface area contributed by atoms with Crippen molar-refractivity contribution in [3.05, 3.63) is 98.8 Å². The number of fused-ring (bicyclic) bond motifs is 5. The summed E-state index contributed by atoms with van der Waals surface area (Å²) in [4.78, 5) is 36.0. The Bertz CT molecular complexity index is 2740. The number of esters is 1. The summed E-state index contributed by atoms with van der Waals surface area (Å²) in [5.41, 5.74) is 5.24. The van der Waals surface area contributed by atoms with E-state index in [-0.39, 0.29) is 47.8 Å². The van der Waals surface area contributed by atoms with Crippen LogP contribution in [0.15, 0.2) is 65.5 Å². The summed E-state index contributed by atoms with van der Waals surface area (Å²) in [7, 11) is 0. The van der Waals surface area contributed by atoms with Crippen molar-refractivity contribution >= 4 is 22.6 Å². The fraction of sp³-hybridized carbons (Fsp3) is 0.356. The van der Waals surface area contributed by atoms with Crippen molar-refractivity contribution in [1.82, 2.24) is 29.2 Å². The lowest BCUT2D eigenvalue weighted by atomic mass is 9.86. The second-order valence-electron chi connectivity index (χ2n) is 16.0. The minimum Gasteiger partial charge on any atom is -0.508 e. The van der Waals surface area contributed by atoms with Crippen LogP contribution in [0.3, 0.4) is 0 Å². The Morgan fingerprint density at radius 3 is 2.35 bits per heavy atom. The fourth-order valence-electron chi connectivity index (χ4n) is 8.89. The number of nitrogens with zero attached hydrogens (tertiary/aromatic N) is 7. The van der Waals surface area contributed by atoms with Gasteiger partial charge in [0.15, 0.2) is 11.4 Å². The monoisotopic (exact) mass is 813 g/mol. The highest BCUT2D eigenvalue weighted by atomic mass is 16.6. The van der Waals surface area contributed by atoms with E-state index >= 15 is 0 Å². The fourth-order valence-corrected chi connectivity index (χ4v) is 8.89. The predicted molar refractivity (Wildman–Crippen MR) is 224 cm³/mol. The van der Waals surface area contributed by atoms with Crippen molar-refractivity contribution in [3.8, 4) is 51.7 Å². The first kappa shape index (κ1) is 39.0. The van der Waals surface area contributed by atoms with Gasteiger partial charge in [0.1, 0.15) is 30.5 Å². The van der Waals surface area contributed by atoms with Crippen LogP contribution in [0.25, 0.3) is 39.4 Å². The largest absolute Gasteiger partial charge is 0.508 e. The second kappa shape index (κ2) is 15.0. The summed E-state index contributed by atoms with van der Waals surface area (Å²) in [6.45, 7) is 12.5. The minimum absolute atomic E-state index is 0.00191. The average molecular weight is 814 g/mol. The van der Waals surface area contributed by atoms with Gasteiger partial charge in [-0.15, -0.1) is 5.10 Å². The number of rotatable bonds is 10. The second-order valence-corrected chi connectivity index (χ2v) is 16.0. The number of pyridine rings is 2. The van der Waals surface area contributed by atoms with Gasteiger partial charge in [-0.05, 0) is 84.5 Å². The van der Waals surface area contributed by atoms with Crippen molar-refractivity contribution in [3.63, 3.8) is 0 Å². The molecule has 3 aromatic carbocycles. The maximum atomic E-state index is 13.7. The molecule has 0 bridgehead atoms. The standard InChI is InChI=1S/C45H47N7O8/c1-5-29-31-19-28(11-12-36(31)46-40-33(29)23-51-37(40)21-35-34(42(51)55)24-60-43(56)45(35,58)6-2)59-18-17-49-13-15-50(16-14-49)26-7-9-27(10-8-26)52-41(47-48-44(52)57)32-20-30(25(3)4)38(53)22-39(32)54/h7-12,19-22,25,53-54,58H,5-6,13-18,23-24H2,1-4H3,(H,48,57). The number of aliphatic hydroxyl groups is 1. The summed E-state index contributed by atoms with van der Waals surface area (Å²) < 4.78 is 14.7. The zero-order valence-corrected chi connectivity index (χ0v) is 34.0. The van der Waals surface area contributed by atoms with E-state index in [2.05, 4.69) is 26.9 Å². The maximum Gasteiger partial charge on any atom is 0.343 e. The number of aromatic nitrogens is 5. The molecule has 4 N–H and O–H groups in total. The molecule has 0 spiro atoms. The molecule has 6 aromatic rings. The highest BCUT2D eigenvalue weighted by molar-refractivity contribution is 5.90. The van der Waals surface area contributed by atoms with E-state index in [9.17, 15) is 30.0 Å². The molecule has 1 atom stereocenters. The van der Waals surface area contributed by atoms with Crippen LogP contribution in [0.5, 0.6) is 23.3 Å². The van der Waals surface area contributed by atoms with E-state index in [1.54, 1.807) is 23.6 Å². The van der Waals surface area contributed by atoms with Gasteiger partial charge in [0.05, 0.1) is 40.3 Å². The number of benzene rings is 3. The van der Waals surface area contributed by atoms with E-state index in [4.69, 9.17) is 14.5 Å². The number of phenolic OH excluding ortho intramolecular Hbond substituents is 2. The number of ether oxygens (including phenoxy) is 2. The van der Waals surface area contributed by atoms with Crippen LogP contribution in [-0.4, -0.2) is 94.9 Å². The van der Waals surface area contributed by atoms with Gasteiger partial charge in [-0.25, -0.2) is 14.3 Å². The molecular formula is C45H47N7O8. The summed E-state index contributed by atoms with van der Waals surface area (Å²) >= 11 is 0. The zero-order valence-electron chi connectivity index (χ0n) is 34.0. The topological polar surface area (TPSA) is 189 Å². The van der Waals surface area contributed by atoms with Crippen molar-refractivity contribution in [1.29, 1.82) is 0 Å². The molecule has 3 aliphatic heterocycles. The molecule has 310 valence electrons. The Morgan fingerprint density at radius 1 is 0.883 bits per heavy atom. The van der Waals surface area contributed by atoms with E-state index in [1.807, 2.05) is 56.3 Å². The number of piperazine rings is 1. The summed E-state index contributed by atoms with van der Waals surface area (Å²) in [5, 5.41) is 51.9. The normalized spacial score (nSPS) is 17.5. The number of hydrogen-bond acceptors (Lipinski definition) is 13. The van der Waals surface area contributed by atoms with Gasteiger partial charge in [-0.3, -0.25) is 9.69 Å². The van der Waals surface area contributed by atoms with Crippen molar-refractivity contribution in [2.75, 3.05) is 44.2 Å². The van der Waals surface area contributed by atoms with Gasteiger partial charge in [-0.1, -0.05) is 32.8 Å². The first-order valence-corrected chi connectivity index (χ1v) is 20.4. The number of anilines is 1. The number of aromatic hydroxyl groups is 3. The molecular weight excluding hydrogens is 767 g/mol. The van der Waals surface area contributed by atoms with Crippen LogP contribution >= 0.6 is 0 Å². The Hall–Kier alpha value is -6.45. The lowest BCUT2D eigenvalue weighted by Crippen LogP contribution is -2.47. The van der Waals surface area contributed by atoms with E-state index < -0.39 is 11.6 Å². The number of phenols is 2. The van der Waals surface area contributed by atoms with Crippen LogP contribution in [-0.2, 0) is 34.7 Å². The first-order valence-electron chi connectivity index (χ1n) is 20.4. The highest BCUT2D eigenvalue weighted by Gasteiger charge is 2.45. The maximum absolute atomic E-state index is 13.7. The van der Waals surface area contributed by atoms with Crippen LogP contribution in [0, 0.1) is 0 Å². The number of carbonyl (C=O) groups excluding carboxylic acids is 1. The van der Waals surface area contributed by atoms with Crippen molar-refractivity contribution in [2.24, 2.45) is 0 Å². The van der Waals surface area contributed by atoms with Crippen LogP contribution < -0.4 is 15.2 Å². The van der Waals surface area contributed by atoms with Gasteiger partial charge >= 0.3 is 12.0 Å². The quantitative estimate of drug-likeness (QED) is 0.130. The number of carbonyl (C=O) groups is 1. The van der Waals surface area contributed by atoms with Crippen molar-refractivity contribution < 1.29 is 34.7 Å². The SMILES string of the molecule is CCc1c2c(nc3ccc(OCCN4CCN(c5ccc(-n6c(O)nnc6-c6cc(C(C)C)c(O)cc6O)cc5)CC4)cc13)-c1cc3c(c(=O)n1C2)COC(=O)C3(O)CC. The lowest BCUT2D eigenvalue weighted by Gasteiger charge is -2.36. The molecule has 0 amide bonds. The molecule has 3 aromatic heterocycles. The first-order chi connectivity index (χ1) is 28.9. The van der Waals surface area contributed by atoms with Gasteiger partial charge in [0, 0.05) is 61.0 Å². The van der Waals surface area contributed by atoms with Gasteiger partial charge in [-0.2, -0.15) is 0 Å². The predicted octanol–water partition coefficient (Wildman–Crippen LogP) is 5.33. The Labute approximate surface area is 345 Å². The molecule has 0 saturated carbocycles. The van der Waals surface area contributed by atoms with E-state index in [0.29, 0.717) is 58.9 Å². The molecule has 6 heterocycles. The molecule has 1 saturated heterocycles. The number of hydrogen-bond donors (Lipinski definition) is 4. The molecule has 1 fully saturated rings. The number of aryl methyl sites for hydroxylation is 1. The third kappa shape index (κ3) is 6.39. The molecule has 3 aliphatic rings. The molecule has 60 heavy (non-hydrogen) atoms. The molecule has 0 radical (unpaired) electrons. The Morgan fingerprint density at radius 2 is 1.63 bits per heavy atom. The van der Waals surface area contributed by atoms with E-state index in [0.717, 1.165) is 66.2 Å². The van der Waals surface area contributed by atoms with Gasteiger partial charge in [0.25, 0.3) is 5.56 Å². The average Bonchev–Trinajstić information content (AvgIpc) is 3.81. The zero-order chi connectivity index (χ0) is 42.0. The lowest BCUT2D eigenvalue weighted by molar-refractivity contribution is -0.172. The summed E-state index contributed by atoms with van der Waals surface area (Å²) in [6, 6.07) is 18.1. The molecule has 15 heteroatoms. The number of cyclic esters (lactones) is 1. The molecule has 1 unspecified atom stereocenters. The highest BCUT2D eigenvalue weighted by Crippen LogP contribution is 2.42. The summed E-state index contributed by atoms with van der Waals surface area (Å²) in [5.74, 6) is 0.0985. The van der Waals surface area contributed by atoms with Crippen molar-refractivity contribution in [2.45, 2.75) is 65.2 Å². The third-order valence-electron chi connectivity index (χ3n) is 12.3. The summed E-state index contributed by atoms with van der Waals surface area (Å²) in [6.07, 6.45) is 0.807. The third-order valence-corrected chi connectivity index (χ3v) is 12.3. The van der Waals surface area contributed by atoms with Gasteiger partial charge < -0.3 is 39.4 Å². The van der Waals surface area contributed by atoms with Crippen LogP contribution in [0.2, 0.25) is 0 Å². The Kier molecular flexibility index (Phi) is 9.75. The molecule has 15 nitrogen and oxygen atoms in total. The molecule has 9 rings (SSSR count). The van der Waals surface area contributed by atoms with Crippen LogP contribution in [0.1, 0.15) is 67.9 Å². The van der Waals surface area contributed by atoms with Crippen LogP contribution in [0.4, 0.5) is 5.69 Å². The van der Waals surface area contributed by atoms with E-state index in [1.165, 1.54) is 10.6 Å². The molecule has 0 aliphatic carbocycles.